The van der Waals surface area contributed by atoms with E-state index in [1.807, 2.05) is 0 Å². The number of ether oxygens (including phenoxy) is 1. The van der Waals surface area contributed by atoms with Crippen LogP contribution < -0.4 is 4.74 Å². The second-order valence-electron chi connectivity index (χ2n) is 4.40. The Balaban J connectivity index is 2.37. The van der Waals surface area contributed by atoms with Crippen LogP contribution in [0.2, 0.25) is 0 Å². The third kappa shape index (κ3) is 3.17. The largest absolute Gasteiger partial charge is 0.478 e. The van der Waals surface area contributed by atoms with Gasteiger partial charge in [-0.05, 0) is 13.0 Å². The minimum atomic E-state index is -1.22. The quantitative estimate of drug-likeness (QED) is 0.674. The zero-order chi connectivity index (χ0) is 15.4. The summed E-state index contributed by atoms with van der Waals surface area (Å²) < 4.78 is 5.48. The van der Waals surface area contributed by atoms with Crippen molar-refractivity contribution in [2.75, 3.05) is 0 Å². The van der Waals surface area contributed by atoms with Gasteiger partial charge in [-0.2, -0.15) is 0 Å². The van der Waals surface area contributed by atoms with Crippen molar-refractivity contribution in [1.29, 1.82) is 0 Å². The second-order valence-corrected chi connectivity index (χ2v) is 4.40. The smallest absolute Gasteiger partial charge is 0.349 e. The Morgan fingerprint density at radius 2 is 1.86 bits per heavy atom. The Bertz CT molecular complexity index is 669. The Morgan fingerprint density at radius 1 is 1.19 bits per heavy atom. The van der Waals surface area contributed by atoms with Gasteiger partial charge in [-0.15, -0.1) is 0 Å². The van der Waals surface area contributed by atoms with Crippen LogP contribution in [0.3, 0.4) is 0 Å². The first-order chi connectivity index (χ1) is 10.0. The first kappa shape index (κ1) is 14.5. The van der Waals surface area contributed by atoms with E-state index in [2.05, 4.69) is 0 Å². The van der Waals surface area contributed by atoms with Crippen LogP contribution in [0, 0.1) is 17.0 Å². The van der Waals surface area contributed by atoms with Crippen molar-refractivity contribution < 1.29 is 19.6 Å². The van der Waals surface area contributed by atoms with E-state index in [1.54, 1.807) is 30.3 Å². The number of carbonyl (C=O) groups is 1. The van der Waals surface area contributed by atoms with E-state index in [1.165, 1.54) is 25.1 Å². The zero-order valence-electron chi connectivity index (χ0n) is 11.2. The minimum Gasteiger partial charge on any atom is -0.478 e. The van der Waals surface area contributed by atoms with Crippen LogP contribution >= 0.6 is 0 Å². The Morgan fingerprint density at radius 3 is 2.43 bits per heavy atom. The number of benzene rings is 2. The predicted molar refractivity (Wildman–Crippen MR) is 75.3 cm³/mol. The maximum absolute atomic E-state index is 11.4. The molecule has 0 fully saturated rings. The van der Waals surface area contributed by atoms with Gasteiger partial charge in [-0.3, -0.25) is 10.1 Å². The fourth-order valence-electron chi connectivity index (χ4n) is 1.94. The number of nitrogens with zero attached hydrogens (tertiary/aromatic N) is 1. The van der Waals surface area contributed by atoms with Crippen LogP contribution in [0.4, 0.5) is 5.69 Å². The molecule has 1 N–H and O–H groups in total. The van der Waals surface area contributed by atoms with Crippen molar-refractivity contribution in [3.05, 3.63) is 69.8 Å². The normalized spacial score (nSPS) is 11.7. The summed E-state index contributed by atoms with van der Waals surface area (Å²) in [7, 11) is 0. The molecule has 0 radical (unpaired) electrons. The lowest BCUT2D eigenvalue weighted by atomic mass is 10.1. The molecule has 6 nitrogen and oxygen atoms in total. The third-order valence-corrected chi connectivity index (χ3v) is 3.02. The Kier molecular flexibility index (Phi) is 4.18. The van der Waals surface area contributed by atoms with Gasteiger partial charge in [0.15, 0.2) is 0 Å². The lowest BCUT2D eigenvalue weighted by molar-refractivity contribution is -0.385. The van der Waals surface area contributed by atoms with Gasteiger partial charge in [0.25, 0.3) is 5.69 Å². The molecule has 108 valence electrons. The van der Waals surface area contributed by atoms with Crippen molar-refractivity contribution in [3.8, 4) is 5.75 Å². The van der Waals surface area contributed by atoms with Gasteiger partial charge >= 0.3 is 5.97 Å². The van der Waals surface area contributed by atoms with E-state index >= 15 is 0 Å². The van der Waals surface area contributed by atoms with Crippen molar-refractivity contribution in [2.45, 2.75) is 13.0 Å². The molecule has 0 aliphatic carbocycles. The highest BCUT2D eigenvalue weighted by atomic mass is 16.6. The standard InChI is InChI=1S/C15H13NO5/c1-10-12(16(19)20)8-5-9-13(10)21-14(15(17)18)11-6-3-2-4-7-11/h2-9,14H,1H3,(H,17,18). The van der Waals surface area contributed by atoms with Crippen molar-refractivity contribution in [2.24, 2.45) is 0 Å². The number of carboxylic acids is 1. The highest BCUT2D eigenvalue weighted by molar-refractivity contribution is 5.75. The first-order valence-corrected chi connectivity index (χ1v) is 6.19. The van der Waals surface area contributed by atoms with Crippen molar-refractivity contribution >= 4 is 11.7 Å². The molecule has 0 aliphatic heterocycles. The number of hydrogen-bond donors (Lipinski definition) is 1. The highest BCUT2D eigenvalue weighted by Crippen LogP contribution is 2.30. The number of aliphatic carboxylic acids is 1. The molecule has 0 bridgehead atoms. The van der Waals surface area contributed by atoms with Gasteiger partial charge in [0.1, 0.15) is 5.75 Å². The third-order valence-electron chi connectivity index (χ3n) is 3.02. The van der Waals surface area contributed by atoms with E-state index in [9.17, 15) is 20.0 Å². The molecule has 0 saturated carbocycles. The summed E-state index contributed by atoms with van der Waals surface area (Å²) in [5.41, 5.74) is 0.658. The van der Waals surface area contributed by atoms with Crippen molar-refractivity contribution in [3.63, 3.8) is 0 Å². The topological polar surface area (TPSA) is 89.7 Å². The summed E-state index contributed by atoms with van der Waals surface area (Å²) in [5.74, 6) is -0.979. The second kappa shape index (κ2) is 6.04. The Labute approximate surface area is 120 Å². The van der Waals surface area contributed by atoms with Crippen LogP contribution in [0.25, 0.3) is 0 Å². The molecule has 0 aromatic heterocycles. The average Bonchev–Trinajstić information content (AvgIpc) is 2.46. The van der Waals surface area contributed by atoms with Gasteiger partial charge in [0.05, 0.1) is 10.5 Å². The Hall–Kier alpha value is -2.89. The SMILES string of the molecule is Cc1c(OC(C(=O)O)c2ccccc2)cccc1[N+](=O)[O-]. The molecule has 1 atom stereocenters. The predicted octanol–water partition coefficient (Wildman–Crippen LogP) is 3.11. The van der Waals surface area contributed by atoms with E-state index in [0.717, 1.165) is 0 Å². The monoisotopic (exact) mass is 287 g/mol. The average molecular weight is 287 g/mol. The number of carboxylic acid groups (broad SMARTS) is 1. The van der Waals surface area contributed by atoms with Gasteiger partial charge in [-0.25, -0.2) is 4.79 Å². The first-order valence-electron chi connectivity index (χ1n) is 6.19. The molecule has 2 aromatic carbocycles. The highest BCUT2D eigenvalue weighted by Gasteiger charge is 2.24. The lowest BCUT2D eigenvalue weighted by Crippen LogP contribution is -2.18. The maximum atomic E-state index is 11.4. The summed E-state index contributed by atoms with van der Waals surface area (Å²) in [4.78, 5) is 21.7. The summed E-state index contributed by atoms with van der Waals surface area (Å²) in [6.45, 7) is 1.53. The minimum absolute atomic E-state index is 0.107. The van der Waals surface area contributed by atoms with E-state index < -0.39 is 17.0 Å². The summed E-state index contributed by atoms with van der Waals surface area (Å²) in [6, 6.07) is 12.8. The lowest BCUT2D eigenvalue weighted by Gasteiger charge is -2.16. The zero-order valence-corrected chi connectivity index (χ0v) is 11.2. The van der Waals surface area contributed by atoms with Gasteiger partial charge in [0.2, 0.25) is 6.10 Å². The molecule has 6 heteroatoms. The fourth-order valence-corrected chi connectivity index (χ4v) is 1.94. The van der Waals surface area contributed by atoms with Crippen molar-refractivity contribution in [1.82, 2.24) is 0 Å². The maximum Gasteiger partial charge on any atom is 0.349 e. The number of nitro groups is 1. The molecule has 21 heavy (non-hydrogen) atoms. The molecule has 2 aromatic rings. The molecule has 0 amide bonds. The molecular formula is C15H13NO5. The summed E-state index contributed by atoms with van der Waals surface area (Å²) in [5, 5.41) is 20.2. The molecule has 0 spiro atoms. The summed E-state index contributed by atoms with van der Waals surface area (Å²) in [6.07, 6.45) is -1.22. The molecule has 0 aliphatic rings. The number of hydrogen-bond acceptors (Lipinski definition) is 4. The van der Waals surface area contributed by atoms with Crippen LogP contribution in [0.5, 0.6) is 5.75 Å². The van der Waals surface area contributed by atoms with E-state index in [0.29, 0.717) is 11.1 Å². The molecule has 2 rings (SSSR count). The number of nitro benzene ring substituents is 1. The van der Waals surface area contributed by atoms with Crippen LogP contribution in [-0.4, -0.2) is 16.0 Å². The van der Waals surface area contributed by atoms with Gasteiger partial charge in [0, 0.05) is 11.6 Å². The summed E-state index contributed by atoms with van der Waals surface area (Å²) >= 11 is 0. The van der Waals surface area contributed by atoms with Gasteiger partial charge in [-0.1, -0.05) is 36.4 Å². The van der Waals surface area contributed by atoms with Crippen LogP contribution in [0.15, 0.2) is 48.5 Å². The van der Waals surface area contributed by atoms with Crippen LogP contribution in [0.1, 0.15) is 17.2 Å². The number of rotatable bonds is 5. The van der Waals surface area contributed by atoms with E-state index in [4.69, 9.17) is 4.74 Å². The molecular weight excluding hydrogens is 274 g/mol. The molecule has 0 heterocycles. The molecule has 0 saturated heterocycles. The van der Waals surface area contributed by atoms with E-state index in [-0.39, 0.29) is 11.4 Å². The molecule has 1 unspecified atom stereocenters. The fraction of sp³-hybridized carbons (Fsp3) is 0.133. The van der Waals surface area contributed by atoms with Crippen LogP contribution in [-0.2, 0) is 4.79 Å². The van der Waals surface area contributed by atoms with Gasteiger partial charge < -0.3 is 9.84 Å².